The molecule has 0 saturated carbocycles. The van der Waals surface area contributed by atoms with Gasteiger partial charge in [0.25, 0.3) is 0 Å². The van der Waals surface area contributed by atoms with Gasteiger partial charge in [-0.3, -0.25) is 0 Å². The van der Waals surface area contributed by atoms with Crippen LogP contribution >= 0.6 is 0 Å². The molecule has 1 aliphatic carbocycles. The summed E-state index contributed by atoms with van der Waals surface area (Å²) in [7, 11) is 0. The van der Waals surface area contributed by atoms with Gasteiger partial charge in [0.05, 0.1) is 0 Å². The summed E-state index contributed by atoms with van der Waals surface area (Å²) in [6.07, 6.45) is 16.3. The molecule has 0 aromatic heterocycles. The van der Waals surface area contributed by atoms with Crippen molar-refractivity contribution >= 4 is 0 Å². The lowest BCUT2D eigenvalue weighted by molar-refractivity contribution is 0.337. The highest BCUT2D eigenvalue weighted by Gasteiger charge is 2.23. The molecule has 1 unspecified atom stereocenters. The Morgan fingerprint density at radius 2 is 1.68 bits per heavy atom. The Bertz CT molecular complexity index is 238. The molecular formula is C18H35N. The summed E-state index contributed by atoms with van der Waals surface area (Å²) in [5, 5.41) is 3.80. The third kappa shape index (κ3) is 6.12. The van der Waals surface area contributed by atoms with Crippen LogP contribution in [0.1, 0.15) is 85.0 Å². The van der Waals surface area contributed by atoms with E-state index in [4.69, 9.17) is 0 Å². The molecule has 0 aliphatic heterocycles. The molecule has 0 radical (unpaired) electrons. The van der Waals surface area contributed by atoms with E-state index in [2.05, 4.69) is 32.2 Å². The Labute approximate surface area is 121 Å². The first kappa shape index (κ1) is 16.8. The fourth-order valence-corrected chi connectivity index (χ4v) is 3.54. The van der Waals surface area contributed by atoms with E-state index < -0.39 is 0 Å². The minimum Gasteiger partial charge on any atom is -0.310 e. The fourth-order valence-electron chi connectivity index (χ4n) is 3.54. The largest absolute Gasteiger partial charge is 0.310 e. The van der Waals surface area contributed by atoms with Crippen LogP contribution in [-0.4, -0.2) is 12.6 Å². The summed E-state index contributed by atoms with van der Waals surface area (Å²) in [6.45, 7) is 8.02. The highest BCUT2D eigenvalue weighted by molar-refractivity contribution is 5.13. The lowest BCUT2D eigenvalue weighted by Gasteiger charge is -2.31. The highest BCUT2D eigenvalue weighted by Crippen LogP contribution is 2.28. The SMILES string of the molecule is CCCC(CCC)C(NCC)C1=CCCCCCC1. The highest BCUT2D eigenvalue weighted by atomic mass is 14.9. The monoisotopic (exact) mass is 265 g/mol. The molecule has 1 nitrogen and oxygen atoms in total. The maximum Gasteiger partial charge on any atom is 0.0307 e. The van der Waals surface area contributed by atoms with Crippen molar-refractivity contribution < 1.29 is 0 Å². The van der Waals surface area contributed by atoms with Crippen LogP contribution in [0.5, 0.6) is 0 Å². The molecule has 0 fully saturated rings. The number of likely N-dealkylation sites (N-methyl/N-ethyl adjacent to an activating group) is 1. The van der Waals surface area contributed by atoms with Crippen molar-refractivity contribution in [1.82, 2.24) is 5.32 Å². The van der Waals surface area contributed by atoms with Crippen LogP contribution in [0, 0.1) is 5.92 Å². The van der Waals surface area contributed by atoms with Gasteiger partial charge in [0, 0.05) is 6.04 Å². The van der Waals surface area contributed by atoms with Crippen LogP contribution in [0.3, 0.4) is 0 Å². The second kappa shape index (κ2) is 10.5. The Morgan fingerprint density at radius 1 is 1.00 bits per heavy atom. The Morgan fingerprint density at radius 3 is 2.32 bits per heavy atom. The van der Waals surface area contributed by atoms with Crippen molar-refractivity contribution in [1.29, 1.82) is 0 Å². The zero-order valence-electron chi connectivity index (χ0n) is 13.5. The van der Waals surface area contributed by atoms with E-state index in [1.165, 1.54) is 64.2 Å². The van der Waals surface area contributed by atoms with E-state index >= 15 is 0 Å². The molecule has 0 bridgehead atoms. The number of rotatable bonds is 8. The first-order valence-corrected chi connectivity index (χ1v) is 8.75. The molecule has 1 rings (SSSR count). The van der Waals surface area contributed by atoms with Crippen LogP contribution in [-0.2, 0) is 0 Å². The molecule has 0 heterocycles. The van der Waals surface area contributed by atoms with E-state index in [1.807, 2.05) is 0 Å². The summed E-state index contributed by atoms with van der Waals surface area (Å²) < 4.78 is 0. The van der Waals surface area contributed by atoms with E-state index in [0.717, 1.165) is 12.5 Å². The fraction of sp³-hybridized carbons (Fsp3) is 0.889. The molecule has 112 valence electrons. The van der Waals surface area contributed by atoms with Gasteiger partial charge in [-0.25, -0.2) is 0 Å². The molecule has 0 saturated heterocycles. The molecule has 1 aliphatic rings. The van der Waals surface area contributed by atoms with Gasteiger partial charge in [0.2, 0.25) is 0 Å². The Balaban J connectivity index is 2.75. The third-order valence-corrected chi connectivity index (χ3v) is 4.44. The average molecular weight is 265 g/mol. The van der Waals surface area contributed by atoms with Crippen LogP contribution in [0.4, 0.5) is 0 Å². The molecule has 1 atom stereocenters. The second-order valence-corrected chi connectivity index (χ2v) is 6.10. The topological polar surface area (TPSA) is 12.0 Å². The summed E-state index contributed by atoms with van der Waals surface area (Å²) in [6, 6.07) is 0.656. The lowest BCUT2D eigenvalue weighted by atomic mass is 9.82. The lowest BCUT2D eigenvalue weighted by Crippen LogP contribution is -2.38. The van der Waals surface area contributed by atoms with Gasteiger partial charge in [-0.05, 0) is 51.0 Å². The number of hydrogen-bond donors (Lipinski definition) is 1. The first-order valence-electron chi connectivity index (χ1n) is 8.75. The first-order chi connectivity index (χ1) is 9.33. The molecule has 1 N–H and O–H groups in total. The van der Waals surface area contributed by atoms with Crippen LogP contribution in [0.15, 0.2) is 11.6 Å². The molecule has 0 amide bonds. The van der Waals surface area contributed by atoms with Gasteiger partial charge in [-0.1, -0.05) is 58.1 Å². The van der Waals surface area contributed by atoms with E-state index in [-0.39, 0.29) is 0 Å². The zero-order chi connectivity index (χ0) is 13.9. The van der Waals surface area contributed by atoms with Gasteiger partial charge in [0.1, 0.15) is 0 Å². The van der Waals surface area contributed by atoms with Crippen molar-refractivity contribution in [3.8, 4) is 0 Å². The molecule has 1 heteroatoms. The van der Waals surface area contributed by atoms with Crippen LogP contribution in [0.2, 0.25) is 0 Å². The minimum atomic E-state index is 0.656. The standard InChI is InChI=1S/C18H35N/c1-4-12-16(13-5-2)18(19-6-3)17-14-10-8-7-9-11-15-17/h14,16,18-19H,4-13,15H2,1-3H3. The predicted octanol–water partition coefficient (Wildman–Crippen LogP) is 5.46. The minimum absolute atomic E-state index is 0.656. The normalized spacial score (nSPS) is 18.8. The van der Waals surface area contributed by atoms with Gasteiger partial charge >= 0.3 is 0 Å². The molecule has 19 heavy (non-hydrogen) atoms. The average Bonchev–Trinajstić information content (AvgIpc) is 2.36. The van der Waals surface area contributed by atoms with Crippen LogP contribution < -0.4 is 5.32 Å². The summed E-state index contributed by atoms with van der Waals surface area (Å²) in [5.74, 6) is 0.848. The maximum atomic E-state index is 3.80. The van der Waals surface area contributed by atoms with E-state index in [1.54, 1.807) is 5.57 Å². The summed E-state index contributed by atoms with van der Waals surface area (Å²) in [5.41, 5.74) is 1.73. The van der Waals surface area contributed by atoms with Crippen molar-refractivity contribution in [2.24, 2.45) is 5.92 Å². The molecular weight excluding hydrogens is 230 g/mol. The van der Waals surface area contributed by atoms with E-state index in [9.17, 15) is 0 Å². The maximum absolute atomic E-state index is 3.80. The van der Waals surface area contributed by atoms with E-state index in [0.29, 0.717) is 6.04 Å². The van der Waals surface area contributed by atoms with Gasteiger partial charge < -0.3 is 5.32 Å². The number of hydrogen-bond acceptors (Lipinski definition) is 1. The zero-order valence-corrected chi connectivity index (χ0v) is 13.5. The quantitative estimate of drug-likeness (QED) is 0.574. The van der Waals surface area contributed by atoms with Crippen molar-refractivity contribution in [3.63, 3.8) is 0 Å². The molecule has 0 aromatic rings. The Hall–Kier alpha value is -0.300. The summed E-state index contributed by atoms with van der Waals surface area (Å²) >= 11 is 0. The summed E-state index contributed by atoms with van der Waals surface area (Å²) in [4.78, 5) is 0. The Kier molecular flexibility index (Phi) is 9.24. The van der Waals surface area contributed by atoms with Gasteiger partial charge in [-0.15, -0.1) is 0 Å². The third-order valence-electron chi connectivity index (χ3n) is 4.44. The van der Waals surface area contributed by atoms with Gasteiger partial charge in [0.15, 0.2) is 0 Å². The van der Waals surface area contributed by atoms with Gasteiger partial charge in [-0.2, -0.15) is 0 Å². The second-order valence-electron chi connectivity index (χ2n) is 6.10. The van der Waals surface area contributed by atoms with Crippen LogP contribution in [0.25, 0.3) is 0 Å². The number of nitrogens with one attached hydrogen (secondary N) is 1. The van der Waals surface area contributed by atoms with Crippen molar-refractivity contribution in [2.45, 2.75) is 91.0 Å². The number of allylic oxidation sites excluding steroid dienone is 1. The molecule has 0 aromatic carbocycles. The molecule has 0 spiro atoms. The van der Waals surface area contributed by atoms with Crippen molar-refractivity contribution in [3.05, 3.63) is 11.6 Å². The predicted molar refractivity (Wildman–Crippen MR) is 86.6 cm³/mol. The smallest absolute Gasteiger partial charge is 0.0307 e. The van der Waals surface area contributed by atoms with Crippen molar-refractivity contribution in [2.75, 3.05) is 6.54 Å².